The fraction of sp³-hybridized carbons (Fsp3) is 0.562. The Hall–Kier alpha value is -1.35. The number of aliphatic hydroxyl groups is 1. The molecule has 1 unspecified atom stereocenters. The van der Waals surface area contributed by atoms with Crippen LogP contribution in [0.1, 0.15) is 31.4 Å². The average Bonchev–Trinajstić information content (AvgIpc) is 2.99. The maximum absolute atomic E-state index is 12.4. The third-order valence-electron chi connectivity index (χ3n) is 4.12. The second-order valence-electron chi connectivity index (χ2n) is 6.16. The van der Waals surface area contributed by atoms with E-state index in [4.69, 9.17) is 0 Å². The Morgan fingerprint density at radius 2 is 2.05 bits per heavy atom. The van der Waals surface area contributed by atoms with Gasteiger partial charge in [-0.3, -0.25) is 4.79 Å². The van der Waals surface area contributed by atoms with Crippen molar-refractivity contribution in [2.24, 2.45) is 11.3 Å². The van der Waals surface area contributed by atoms with E-state index in [1.54, 1.807) is 4.90 Å². The monoisotopic (exact) mass is 261 g/mol. The van der Waals surface area contributed by atoms with Crippen LogP contribution >= 0.6 is 0 Å². The summed E-state index contributed by atoms with van der Waals surface area (Å²) in [7, 11) is 0. The zero-order valence-corrected chi connectivity index (χ0v) is 12.0. The quantitative estimate of drug-likeness (QED) is 0.884. The number of hydrogen-bond donors (Lipinski definition) is 1. The van der Waals surface area contributed by atoms with Gasteiger partial charge in [0.05, 0.1) is 6.61 Å². The Bertz CT molecular complexity index is 468. The smallest absolute Gasteiger partial charge is 0.226 e. The molecule has 0 aliphatic heterocycles. The normalized spacial score (nSPS) is 20.1. The molecule has 1 atom stereocenters. The molecule has 0 bridgehead atoms. The molecule has 1 aromatic rings. The highest BCUT2D eigenvalue weighted by atomic mass is 16.3. The van der Waals surface area contributed by atoms with E-state index in [1.165, 1.54) is 5.56 Å². The molecule has 1 saturated carbocycles. The lowest BCUT2D eigenvalue weighted by Gasteiger charge is -2.23. The summed E-state index contributed by atoms with van der Waals surface area (Å²) in [5, 5.41) is 9.17. The highest BCUT2D eigenvalue weighted by Gasteiger charge is 2.51. The molecule has 1 fully saturated rings. The predicted octanol–water partition coefficient (Wildman–Crippen LogP) is 2.36. The summed E-state index contributed by atoms with van der Waals surface area (Å²) < 4.78 is 0. The molecule has 3 heteroatoms. The molecule has 0 spiro atoms. The minimum Gasteiger partial charge on any atom is -0.395 e. The number of aryl methyl sites for hydroxylation is 1. The van der Waals surface area contributed by atoms with Gasteiger partial charge in [0, 0.05) is 19.0 Å². The summed E-state index contributed by atoms with van der Waals surface area (Å²) in [6.07, 6.45) is 0.960. The Morgan fingerprint density at radius 1 is 1.42 bits per heavy atom. The largest absolute Gasteiger partial charge is 0.395 e. The first-order chi connectivity index (χ1) is 8.95. The van der Waals surface area contributed by atoms with Crippen LogP contribution in [0, 0.1) is 18.3 Å². The molecule has 2 rings (SSSR count). The van der Waals surface area contributed by atoms with E-state index in [2.05, 4.69) is 26.8 Å². The van der Waals surface area contributed by atoms with Crippen LogP contribution in [0.4, 0.5) is 0 Å². The lowest BCUT2D eigenvalue weighted by molar-refractivity contribution is -0.134. The summed E-state index contributed by atoms with van der Waals surface area (Å²) in [5.74, 6) is 0.311. The Kier molecular flexibility index (Phi) is 3.95. The van der Waals surface area contributed by atoms with E-state index in [9.17, 15) is 9.90 Å². The summed E-state index contributed by atoms with van der Waals surface area (Å²) >= 11 is 0. The van der Waals surface area contributed by atoms with Gasteiger partial charge in [-0.15, -0.1) is 0 Å². The minimum absolute atomic E-state index is 0.0186. The van der Waals surface area contributed by atoms with Crippen molar-refractivity contribution >= 4 is 5.91 Å². The van der Waals surface area contributed by atoms with Crippen LogP contribution in [0.2, 0.25) is 0 Å². The van der Waals surface area contributed by atoms with Crippen molar-refractivity contribution in [1.29, 1.82) is 0 Å². The first kappa shape index (κ1) is 14.1. The fourth-order valence-electron chi connectivity index (χ4n) is 2.49. The minimum atomic E-state index is 0.0186. The molecule has 1 aromatic carbocycles. The molecular weight excluding hydrogens is 238 g/mol. The number of rotatable bonds is 5. The van der Waals surface area contributed by atoms with Crippen LogP contribution in [0.5, 0.6) is 0 Å². The maximum atomic E-state index is 12.4. The molecule has 0 heterocycles. The van der Waals surface area contributed by atoms with E-state index in [1.807, 2.05) is 18.2 Å². The molecule has 0 radical (unpaired) electrons. The number of benzene rings is 1. The predicted molar refractivity (Wildman–Crippen MR) is 75.6 cm³/mol. The molecule has 1 aliphatic carbocycles. The Morgan fingerprint density at radius 3 is 2.58 bits per heavy atom. The molecule has 1 aliphatic rings. The van der Waals surface area contributed by atoms with Crippen LogP contribution in [-0.2, 0) is 11.3 Å². The third kappa shape index (κ3) is 3.16. The van der Waals surface area contributed by atoms with Crippen LogP contribution in [0.3, 0.4) is 0 Å². The van der Waals surface area contributed by atoms with Crippen molar-refractivity contribution in [2.45, 2.75) is 33.7 Å². The zero-order chi connectivity index (χ0) is 14.0. The SMILES string of the molecule is Cc1ccccc1CN(CCO)C(=O)C1CC1(C)C. The highest BCUT2D eigenvalue weighted by Crippen LogP contribution is 2.52. The van der Waals surface area contributed by atoms with E-state index < -0.39 is 0 Å². The molecule has 1 amide bonds. The molecule has 0 aromatic heterocycles. The van der Waals surface area contributed by atoms with Crippen molar-refractivity contribution < 1.29 is 9.90 Å². The van der Waals surface area contributed by atoms with Gasteiger partial charge in [0.1, 0.15) is 0 Å². The van der Waals surface area contributed by atoms with Crippen molar-refractivity contribution in [3.63, 3.8) is 0 Å². The molecule has 19 heavy (non-hydrogen) atoms. The summed E-state index contributed by atoms with van der Waals surface area (Å²) in [4.78, 5) is 14.2. The number of amides is 1. The third-order valence-corrected chi connectivity index (χ3v) is 4.12. The Labute approximate surface area is 115 Å². The van der Waals surface area contributed by atoms with Gasteiger partial charge in [0.25, 0.3) is 0 Å². The van der Waals surface area contributed by atoms with Gasteiger partial charge in [-0.05, 0) is 29.9 Å². The van der Waals surface area contributed by atoms with Crippen molar-refractivity contribution in [3.05, 3.63) is 35.4 Å². The number of aliphatic hydroxyl groups excluding tert-OH is 1. The molecule has 104 valence electrons. The average molecular weight is 261 g/mol. The number of carbonyl (C=O) groups is 1. The first-order valence-electron chi connectivity index (χ1n) is 6.90. The lowest BCUT2D eigenvalue weighted by atomic mass is 10.1. The maximum Gasteiger partial charge on any atom is 0.226 e. The van der Waals surface area contributed by atoms with E-state index in [-0.39, 0.29) is 23.8 Å². The molecular formula is C16H23NO2. The summed E-state index contributed by atoms with van der Waals surface area (Å²) in [6, 6.07) is 8.09. The van der Waals surface area contributed by atoms with Gasteiger partial charge in [-0.1, -0.05) is 38.1 Å². The van der Waals surface area contributed by atoms with Gasteiger partial charge in [0.15, 0.2) is 0 Å². The van der Waals surface area contributed by atoms with Crippen LogP contribution in [-0.4, -0.2) is 29.1 Å². The molecule has 0 saturated heterocycles. The van der Waals surface area contributed by atoms with E-state index in [0.29, 0.717) is 13.1 Å². The Balaban J connectivity index is 2.09. The van der Waals surface area contributed by atoms with E-state index in [0.717, 1.165) is 12.0 Å². The van der Waals surface area contributed by atoms with Gasteiger partial charge >= 0.3 is 0 Å². The second-order valence-corrected chi connectivity index (χ2v) is 6.16. The van der Waals surface area contributed by atoms with Gasteiger partial charge in [0.2, 0.25) is 5.91 Å². The summed E-state index contributed by atoms with van der Waals surface area (Å²) in [6.45, 7) is 7.34. The number of nitrogens with zero attached hydrogens (tertiary/aromatic N) is 1. The lowest BCUT2D eigenvalue weighted by Crippen LogP contribution is -2.35. The van der Waals surface area contributed by atoms with Crippen LogP contribution in [0.25, 0.3) is 0 Å². The van der Waals surface area contributed by atoms with E-state index >= 15 is 0 Å². The second kappa shape index (κ2) is 5.33. The highest BCUT2D eigenvalue weighted by molar-refractivity contribution is 5.82. The van der Waals surface area contributed by atoms with Crippen LogP contribution < -0.4 is 0 Å². The summed E-state index contributed by atoms with van der Waals surface area (Å²) in [5.41, 5.74) is 2.48. The van der Waals surface area contributed by atoms with Gasteiger partial charge < -0.3 is 10.0 Å². The van der Waals surface area contributed by atoms with Crippen molar-refractivity contribution in [2.75, 3.05) is 13.2 Å². The number of carbonyl (C=O) groups excluding carboxylic acids is 1. The van der Waals surface area contributed by atoms with Crippen molar-refractivity contribution in [1.82, 2.24) is 4.90 Å². The van der Waals surface area contributed by atoms with Crippen LogP contribution in [0.15, 0.2) is 24.3 Å². The first-order valence-corrected chi connectivity index (χ1v) is 6.90. The van der Waals surface area contributed by atoms with Gasteiger partial charge in [-0.25, -0.2) is 0 Å². The molecule has 1 N–H and O–H groups in total. The number of hydrogen-bond acceptors (Lipinski definition) is 2. The molecule has 3 nitrogen and oxygen atoms in total. The van der Waals surface area contributed by atoms with Gasteiger partial charge in [-0.2, -0.15) is 0 Å². The standard InChI is InChI=1S/C16H23NO2/c1-12-6-4-5-7-13(12)11-17(8-9-18)15(19)14-10-16(14,2)3/h4-7,14,18H,8-11H2,1-3H3. The zero-order valence-electron chi connectivity index (χ0n) is 12.0. The fourth-order valence-corrected chi connectivity index (χ4v) is 2.49. The topological polar surface area (TPSA) is 40.5 Å². The van der Waals surface area contributed by atoms with Crippen molar-refractivity contribution in [3.8, 4) is 0 Å².